The molecular formula is C13H16F2N2O3. The number of nitrogens with zero attached hydrogens (tertiary/aromatic N) is 1. The number of anilines is 1. The van der Waals surface area contributed by atoms with Crippen LogP contribution >= 0.6 is 0 Å². The predicted molar refractivity (Wildman–Crippen MR) is 69.6 cm³/mol. The number of amides is 2. The summed E-state index contributed by atoms with van der Waals surface area (Å²) < 4.78 is 27.3. The lowest BCUT2D eigenvalue weighted by molar-refractivity contribution is -0.137. The summed E-state index contributed by atoms with van der Waals surface area (Å²) >= 11 is 0. The van der Waals surface area contributed by atoms with Crippen molar-refractivity contribution in [2.75, 3.05) is 18.4 Å². The second kappa shape index (κ2) is 6.83. The fourth-order valence-electron chi connectivity index (χ4n) is 1.64. The van der Waals surface area contributed by atoms with Gasteiger partial charge in [-0.05, 0) is 25.0 Å². The smallest absolute Gasteiger partial charge is 0.323 e. The van der Waals surface area contributed by atoms with Crippen LogP contribution in [0.25, 0.3) is 0 Å². The summed E-state index contributed by atoms with van der Waals surface area (Å²) in [6.45, 7) is 2.84. The summed E-state index contributed by atoms with van der Waals surface area (Å²) in [6, 6.07) is 1.44. The van der Waals surface area contributed by atoms with E-state index in [-0.39, 0.29) is 12.1 Å². The SMILES string of the molecule is CCCN(CC(=O)O)C(=O)Nc1c(F)ccc(C)c1F. The van der Waals surface area contributed by atoms with E-state index >= 15 is 0 Å². The fourth-order valence-corrected chi connectivity index (χ4v) is 1.64. The topological polar surface area (TPSA) is 69.6 Å². The van der Waals surface area contributed by atoms with Crippen LogP contribution in [0.1, 0.15) is 18.9 Å². The monoisotopic (exact) mass is 286 g/mol. The second-order valence-corrected chi connectivity index (χ2v) is 4.30. The van der Waals surface area contributed by atoms with Crippen LogP contribution in [0.5, 0.6) is 0 Å². The van der Waals surface area contributed by atoms with Crippen LogP contribution in [0, 0.1) is 18.6 Å². The van der Waals surface area contributed by atoms with Gasteiger partial charge in [-0.15, -0.1) is 0 Å². The molecule has 5 nitrogen and oxygen atoms in total. The van der Waals surface area contributed by atoms with E-state index in [2.05, 4.69) is 5.32 Å². The molecule has 0 aliphatic heterocycles. The highest BCUT2D eigenvalue weighted by atomic mass is 19.1. The quantitative estimate of drug-likeness (QED) is 0.874. The number of benzene rings is 1. The Labute approximate surface area is 115 Å². The Kier molecular flexibility index (Phi) is 5.42. The molecule has 2 amide bonds. The van der Waals surface area contributed by atoms with Crippen molar-refractivity contribution in [1.82, 2.24) is 4.90 Å². The molecule has 1 aromatic rings. The van der Waals surface area contributed by atoms with E-state index in [0.717, 1.165) is 11.0 Å². The maximum absolute atomic E-state index is 13.7. The average Bonchev–Trinajstić information content (AvgIpc) is 2.38. The number of hydrogen-bond acceptors (Lipinski definition) is 2. The van der Waals surface area contributed by atoms with Gasteiger partial charge in [0, 0.05) is 6.54 Å². The van der Waals surface area contributed by atoms with Crippen molar-refractivity contribution in [3.8, 4) is 0 Å². The van der Waals surface area contributed by atoms with Gasteiger partial charge >= 0.3 is 12.0 Å². The van der Waals surface area contributed by atoms with E-state index in [1.54, 1.807) is 6.92 Å². The van der Waals surface area contributed by atoms with Crippen LogP contribution in [-0.4, -0.2) is 35.1 Å². The molecule has 0 heterocycles. The largest absolute Gasteiger partial charge is 0.480 e. The van der Waals surface area contributed by atoms with Crippen molar-refractivity contribution < 1.29 is 23.5 Å². The molecule has 7 heteroatoms. The predicted octanol–water partition coefficient (Wildman–Crippen LogP) is 2.60. The number of aliphatic carboxylic acids is 1. The minimum atomic E-state index is -1.20. The van der Waals surface area contributed by atoms with E-state index in [1.165, 1.54) is 13.0 Å². The molecule has 110 valence electrons. The summed E-state index contributed by atoms with van der Waals surface area (Å²) in [7, 11) is 0. The number of halogens is 2. The van der Waals surface area contributed by atoms with E-state index in [0.29, 0.717) is 6.42 Å². The Bertz CT molecular complexity index is 521. The molecule has 1 aromatic carbocycles. The number of carbonyl (C=O) groups excluding carboxylic acids is 1. The molecular weight excluding hydrogens is 270 g/mol. The van der Waals surface area contributed by atoms with Gasteiger partial charge in [-0.1, -0.05) is 13.0 Å². The number of carboxylic acid groups (broad SMARTS) is 1. The van der Waals surface area contributed by atoms with Gasteiger partial charge in [-0.3, -0.25) is 4.79 Å². The molecule has 0 fully saturated rings. The number of hydrogen-bond donors (Lipinski definition) is 2. The van der Waals surface area contributed by atoms with Crippen LogP contribution in [0.15, 0.2) is 12.1 Å². The van der Waals surface area contributed by atoms with Gasteiger partial charge in [0.15, 0.2) is 5.82 Å². The van der Waals surface area contributed by atoms with Crippen LogP contribution < -0.4 is 5.32 Å². The minimum Gasteiger partial charge on any atom is -0.480 e. The molecule has 2 N–H and O–H groups in total. The summed E-state index contributed by atoms with van der Waals surface area (Å²) in [5, 5.41) is 10.8. The van der Waals surface area contributed by atoms with Gasteiger partial charge in [-0.25, -0.2) is 13.6 Å². The van der Waals surface area contributed by atoms with E-state index < -0.39 is 35.9 Å². The molecule has 0 unspecified atom stereocenters. The summed E-state index contributed by atoms with van der Waals surface area (Å²) in [6.07, 6.45) is 0.527. The first-order chi connectivity index (χ1) is 9.36. The zero-order valence-electron chi connectivity index (χ0n) is 11.2. The number of rotatable bonds is 5. The number of nitrogens with one attached hydrogen (secondary N) is 1. The molecule has 20 heavy (non-hydrogen) atoms. The number of carboxylic acids is 1. The Morgan fingerprint density at radius 3 is 2.55 bits per heavy atom. The zero-order chi connectivity index (χ0) is 15.3. The lowest BCUT2D eigenvalue weighted by atomic mass is 10.2. The molecule has 0 aliphatic carbocycles. The van der Waals surface area contributed by atoms with E-state index in [1.807, 2.05) is 0 Å². The van der Waals surface area contributed by atoms with Crippen molar-refractivity contribution in [2.45, 2.75) is 20.3 Å². The lowest BCUT2D eigenvalue weighted by Gasteiger charge is -2.21. The number of carbonyl (C=O) groups is 2. The summed E-state index contributed by atoms with van der Waals surface area (Å²) in [5.41, 5.74) is -0.386. The molecule has 0 bridgehead atoms. The second-order valence-electron chi connectivity index (χ2n) is 4.30. The van der Waals surface area contributed by atoms with E-state index in [4.69, 9.17) is 5.11 Å². The fraction of sp³-hybridized carbons (Fsp3) is 0.385. The van der Waals surface area contributed by atoms with E-state index in [9.17, 15) is 18.4 Å². The molecule has 0 aliphatic rings. The zero-order valence-corrected chi connectivity index (χ0v) is 11.2. The maximum Gasteiger partial charge on any atom is 0.323 e. The first-order valence-electron chi connectivity index (χ1n) is 6.09. The molecule has 0 spiro atoms. The summed E-state index contributed by atoms with van der Waals surface area (Å²) in [4.78, 5) is 23.5. The van der Waals surface area contributed by atoms with Crippen LogP contribution in [0.2, 0.25) is 0 Å². The third-order valence-corrected chi connectivity index (χ3v) is 2.62. The standard InChI is InChI=1S/C13H16F2N2O3/c1-3-6-17(7-10(18)19)13(20)16-12-9(14)5-4-8(2)11(12)15/h4-5H,3,6-7H2,1-2H3,(H,16,20)(H,18,19). The average molecular weight is 286 g/mol. The lowest BCUT2D eigenvalue weighted by Crippen LogP contribution is -2.39. The highest BCUT2D eigenvalue weighted by Gasteiger charge is 2.20. The van der Waals surface area contributed by atoms with Crippen molar-refractivity contribution in [1.29, 1.82) is 0 Å². The Morgan fingerprint density at radius 1 is 1.35 bits per heavy atom. The molecule has 0 saturated heterocycles. The Balaban J connectivity index is 2.93. The van der Waals surface area contributed by atoms with Gasteiger partial charge in [-0.2, -0.15) is 0 Å². The number of aryl methyl sites for hydroxylation is 1. The van der Waals surface area contributed by atoms with Crippen molar-refractivity contribution in [3.05, 3.63) is 29.3 Å². The summed E-state index contributed by atoms with van der Waals surface area (Å²) in [5.74, 6) is -2.97. The van der Waals surface area contributed by atoms with Gasteiger partial charge in [0.25, 0.3) is 0 Å². The Morgan fingerprint density at radius 2 is 2.00 bits per heavy atom. The third-order valence-electron chi connectivity index (χ3n) is 2.62. The minimum absolute atomic E-state index is 0.174. The molecule has 0 saturated carbocycles. The highest BCUT2D eigenvalue weighted by molar-refractivity contribution is 5.91. The first kappa shape index (κ1) is 15.9. The van der Waals surface area contributed by atoms with Gasteiger partial charge in [0.05, 0.1) is 0 Å². The molecule has 0 radical (unpaired) electrons. The van der Waals surface area contributed by atoms with Gasteiger partial charge in [0.2, 0.25) is 0 Å². The molecule has 1 rings (SSSR count). The molecule has 0 aromatic heterocycles. The van der Waals surface area contributed by atoms with Gasteiger partial charge < -0.3 is 15.3 Å². The maximum atomic E-state index is 13.7. The third kappa shape index (κ3) is 3.91. The van der Waals surface area contributed by atoms with Crippen molar-refractivity contribution >= 4 is 17.7 Å². The molecule has 0 atom stereocenters. The van der Waals surface area contributed by atoms with Gasteiger partial charge in [0.1, 0.15) is 18.0 Å². The Hall–Kier alpha value is -2.18. The normalized spacial score (nSPS) is 10.2. The van der Waals surface area contributed by atoms with Crippen molar-refractivity contribution in [2.24, 2.45) is 0 Å². The van der Waals surface area contributed by atoms with Crippen LogP contribution in [0.4, 0.5) is 19.3 Å². The number of urea groups is 1. The van der Waals surface area contributed by atoms with Crippen LogP contribution in [0.3, 0.4) is 0 Å². The van der Waals surface area contributed by atoms with Crippen molar-refractivity contribution in [3.63, 3.8) is 0 Å². The first-order valence-corrected chi connectivity index (χ1v) is 6.09. The van der Waals surface area contributed by atoms with Crippen LogP contribution in [-0.2, 0) is 4.79 Å². The highest BCUT2D eigenvalue weighted by Crippen LogP contribution is 2.22.